The van der Waals surface area contributed by atoms with Gasteiger partial charge in [-0.15, -0.1) is 0 Å². The van der Waals surface area contributed by atoms with Crippen LogP contribution >= 0.6 is 23.2 Å². The second-order valence-electron chi connectivity index (χ2n) is 3.81. The molecule has 0 aliphatic rings. The Bertz CT molecular complexity index is 606. The molecule has 1 amide bonds. The Labute approximate surface area is 120 Å². The van der Waals surface area contributed by atoms with E-state index in [4.69, 9.17) is 23.2 Å². The van der Waals surface area contributed by atoms with Crippen molar-refractivity contribution in [3.05, 3.63) is 64.7 Å². The van der Waals surface area contributed by atoms with Crippen LogP contribution in [-0.4, -0.2) is 11.1 Å². The zero-order valence-electron chi connectivity index (χ0n) is 9.69. The number of carbonyl (C=O) groups is 2. The summed E-state index contributed by atoms with van der Waals surface area (Å²) < 4.78 is 0. The van der Waals surface area contributed by atoms with Gasteiger partial charge in [0.2, 0.25) is 0 Å². The first-order chi connectivity index (χ1) is 9.06. The summed E-state index contributed by atoms with van der Waals surface area (Å²) in [6.07, 6.45) is 0. The highest BCUT2D eigenvalue weighted by Gasteiger charge is 2.06. The van der Waals surface area contributed by atoms with Crippen LogP contribution in [0.15, 0.2) is 48.5 Å². The lowest BCUT2D eigenvalue weighted by Crippen LogP contribution is -2.11. The summed E-state index contributed by atoms with van der Waals surface area (Å²) in [6, 6.07) is 12.9. The van der Waals surface area contributed by atoms with Crippen molar-refractivity contribution in [2.24, 2.45) is 0 Å². The molecule has 0 aliphatic heterocycles. The third kappa shape index (κ3) is 3.56. The number of rotatable bonds is 3. The van der Waals surface area contributed by atoms with Gasteiger partial charge in [0.15, 0.2) is 0 Å². The molecule has 0 heterocycles. The Hall–Kier alpha value is -1.84. The molecule has 0 unspecified atom stereocenters. The standard InChI is InChI=1S/C14H9Cl2NO2/c15-11-5-1-10(2-6-11)14(19)17-12-7-3-9(4-8-12)13(16)18/h1-8H,(H,17,19). The molecule has 2 rings (SSSR count). The van der Waals surface area contributed by atoms with Crippen LogP contribution in [-0.2, 0) is 0 Å². The molecule has 0 saturated heterocycles. The van der Waals surface area contributed by atoms with Gasteiger partial charge in [-0.3, -0.25) is 9.59 Å². The van der Waals surface area contributed by atoms with Crippen molar-refractivity contribution >= 4 is 40.0 Å². The number of halogens is 2. The van der Waals surface area contributed by atoms with Crippen LogP contribution in [0.4, 0.5) is 5.69 Å². The highest BCUT2D eigenvalue weighted by Crippen LogP contribution is 2.14. The maximum absolute atomic E-state index is 11.9. The lowest BCUT2D eigenvalue weighted by molar-refractivity contribution is 0.102. The van der Waals surface area contributed by atoms with E-state index in [1.165, 1.54) is 0 Å². The molecule has 0 fully saturated rings. The van der Waals surface area contributed by atoms with Gasteiger partial charge in [0.1, 0.15) is 0 Å². The number of hydrogen-bond acceptors (Lipinski definition) is 2. The largest absolute Gasteiger partial charge is 0.322 e. The Morgan fingerprint density at radius 1 is 0.842 bits per heavy atom. The number of hydrogen-bond donors (Lipinski definition) is 1. The van der Waals surface area contributed by atoms with Gasteiger partial charge in [-0.2, -0.15) is 0 Å². The normalized spacial score (nSPS) is 10.0. The van der Waals surface area contributed by atoms with E-state index in [1.54, 1.807) is 48.5 Å². The van der Waals surface area contributed by atoms with Crippen LogP contribution in [0.25, 0.3) is 0 Å². The third-order valence-electron chi connectivity index (χ3n) is 2.48. The van der Waals surface area contributed by atoms with E-state index in [-0.39, 0.29) is 5.91 Å². The van der Waals surface area contributed by atoms with Crippen molar-refractivity contribution in [2.45, 2.75) is 0 Å². The van der Waals surface area contributed by atoms with Crippen LogP contribution in [0, 0.1) is 0 Å². The molecule has 0 spiro atoms. The maximum Gasteiger partial charge on any atom is 0.255 e. The zero-order valence-corrected chi connectivity index (χ0v) is 11.2. The molecule has 0 aliphatic carbocycles. The first-order valence-corrected chi connectivity index (χ1v) is 6.18. The van der Waals surface area contributed by atoms with Gasteiger partial charge in [0.05, 0.1) is 0 Å². The predicted molar refractivity (Wildman–Crippen MR) is 76.0 cm³/mol. The van der Waals surface area contributed by atoms with Crippen molar-refractivity contribution in [3.63, 3.8) is 0 Å². The molecule has 0 aromatic heterocycles. The minimum Gasteiger partial charge on any atom is -0.322 e. The summed E-state index contributed by atoms with van der Waals surface area (Å²) in [5, 5.41) is 2.75. The van der Waals surface area contributed by atoms with E-state index in [9.17, 15) is 9.59 Å². The highest BCUT2D eigenvalue weighted by atomic mass is 35.5. The van der Waals surface area contributed by atoms with Crippen LogP contribution in [0.3, 0.4) is 0 Å². The van der Waals surface area contributed by atoms with E-state index in [2.05, 4.69) is 5.32 Å². The second kappa shape index (κ2) is 5.87. The maximum atomic E-state index is 11.9. The monoisotopic (exact) mass is 293 g/mol. The van der Waals surface area contributed by atoms with Gasteiger partial charge in [-0.25, -0.2) is 0 Å². The summed E-state index contributed by atoms with van der Waals surface area (Å²) in [7, 11) is 0. The van der Waals surface area contributed by atoms with Crippen LogP contribution in [0.5, 0.6) is 0 Å². The SMILES string of the molecule is O=C(Cl)c1ccc(NC(=O)c2ccc(Cl)cc2)cc1. The Kier molecular flexibility index (Phi) is 4.20. The van der Waals surface area contributed by atoms with Crippen molar-refractivity contribution < 1.29 is 9.59 Å². The number of benzene rings is 2. The zero-order chi connectivity index (χ0) is 13.8. The van der Waals surface area contributed by atoms with E-state index >= 15 is 0 Å². The Balaban J connectivity index is 2.10. The van der Waals surface area contributed by atoms with E-state index in [1.807, 2.05) is 0 Å². The van der Waals surface area contributed by atoms with Gasteiger partial charge >= 0.3 is 0 Å². The van der Waals surface area contributed by atoms with Crippen molar-refractivity contribution in [3.8, 4) is 0 Å². The van der Waals surface area contributed by atoms with Gasteiger partial charge in [-0.05, 0) is 60.1 Å². The first kappa shape index (κ1) is 13.6. The second-order valence-corrected chi connectivity index (χ2v) is 4.59. The summed E-state index contributed by atoms with van der Waals surface area (Å²) in [6.45, 7) is 0. The summed E-state index contributed by atoms with van der Waals surface area (Å²) in [5.74, 6) is -0.249. The number of anilines is 1. The molecule has 0 bridgehead atoms. The van der Waals surface area contributed by atoms with Crippen LogP contribution in [0.1, 0.15) is 20.7 Å². The summed E-state index contributed by atoms with van der Waals surface area (Å²) in [4.78, 5) is 22.8. The minimum atomic E-state index is -0.532. The molecule has 0 radical (unpaired) electrons. The molecule has 0 atom stereocenters. The fraction of sp³-hybridized carbons (Fsp3) is 0. The smallest absolute Gasteiger partial charge is 0.255 e. The van der Waals surface area contributed by atoms with Crippen LogP contribution < -0.4 is 5.32 Å². The number of amides is 1. The molecule has 5 heteroatoms. The lowest BCUT2D eigenvalue weighted by Gasteiger charge is -2.05. The number of nitrogens with one attached hydrogen (secondary N) is 1. The topological polar surface area (TPSA) is 46.2 Å². The highest BCUT2D eigenvalue weighted by molar-refractivity contribution is 6.67. The van der Waals surface area contributed by atoms with Gasteiger partial charge in [-0.1, -0.05) is 11.6 Å². The Morgan fingerprint density at radius 3 is 1.89 bits per heavy atom. The average Bonchev–Trinajstić information content (AvgIpc) is 2.40. The molecule has 2 aromatic carbocycles. The predicted octanol–water partition coefficient (Wildman–Crippen LogP) is 3.97. The van der Waals surface area contributed by atoms with Gasteiger partial charge in [0, 0.05) is 21.8 Å². The van der Waals surface area contributed by atoms with E-state index in [0.29, 0.717) is 21.8 Å². The summed E-state index contributed by atoms with van der Waals surface area (Å²) in [5.41, 5.74) is 1.47. The molecule has 96 valence electrons. The fourth-order valence-electron chi connectivity index (χ4n) is 1.49. The third-order valence-corrected chi connectivity index (χ3v) is 2.95. The van der Waals surface area contributed by atoms with Crippen molar-refractivity contribution in [2.75, 3.05) is 5.32 Å². The number of carbonyl (C=O) groups excluding carboxylic acids is 2. The van der Waals surface area contributed by atoms with E-state index < -0.39 is 5.24 Å². The molecule has 19 heavy (non-hydrogen) atoms. The fourth-order valence-corrected chi connectivity index (χ4v) is 1.74. The molecular weight excluding hydrogens is 285 g/mol. The molecular formula is C14H9Cl2NO2. The van der Waals surface area contributed by atoms with E-state index in [0.717, 1.165) is 0 Å². The van der Waals surface area contributed by atoms with Crippen molar-refractivity contribution in [1.82, 2.24) is 0 Å². The van der Waals surface area contributed by atoms with Crippen LogP contribution in [0.2, 0.25) is 5.02 Å². The quantitative estimate of drug-likeness (QED) is 0.871. The molecule has 1 N–H and O–H groups in total. The molecule has 3 nitrogen and oxygen atoms in total. The van der Waals surface area contributed by atoms with Gasteiger partial charge < -0.3 is 5.32 Å². The first-order valence-electron chi connectivity index (χ1n) is 5.43. The summed E-state index contributed by atoms with van der Waals surface area (Å²) >= 11 is 11.1. The molecule has 0 saturated carbocycles. The average molecular weight is 294 g/mol. The Morgan fingerprint density at radius 2 is 1.37 bits per heavy atom. The van der Waals surface area contributed by atoms with Gasteiger partial charge in [0.25, 0.3) is 11.1 Å². The lowest BCUT2D eigenvalue weighted by atomic mass is 10.2. The molecule has 2 aromatic rings. The minimum absolute atomic E-state index is 0.249. The van der Waals surface area contributed by atoms with Crippen molar-refractivity contribution in [1.29, 1.82) is 0 Å².